The molecule has 0 unspecified atom stereocenters. The maximum absolute atomic E-state index is 11.3. The monoisotopic (exact) mass is 280 g/mol. The maximum atomic E-state index is 11.3. The molecule has 0 rings (SSSR count). The van der Waals surface area contributed by atoms with Gasteiger partial charge in [-0.1, -0.05) is 5.16 Å². The molecule has 0 heterocycles. The summed E-state index contributed by atoms with van der Waals surface area (Å²) in [6, 6.07) is 0. The molecule has 3 amide bonds. The average molecular weight is 280 g/mol. The molecule has 0 aliphatic heterocycles. The first kappa shape index (κ1) is 18.4. The van der Waals surface area contributed by atoms with Crippen LogP contribution in [0.3, 0.4) is 0 Å². The van der Waals surface area contributed by atoms with E-state index in [0.29, 0.717) is 0 Å². The predicted octanol–water partition coefficient (Wildman–Crippen LogP) is -0.270. The number of hydrogen-bond acceptors (Lipinski definition) is 6. The number of oxime groups is 1. The molecule has 0 bridgehead atoms. The third kappa shape index (κ3) is 10.5. The van der Waals surface area contributed by atoms with Crippen LogP contribution in [0.25, 0.3) is 0 Å². The number of carboxylic acid groups (broad SMARTS) is 1. The Labute approximate surface area is 108 Å². The summed E-state index contributed by atoms with van der Waals surface area (Å²) in [5.41, 5.74) is 4.03. The number of nitrogens with zero attached hydrogens (tertiary/aromatic N) is 2. The fourth-order valence-corrected chi connectivity index (χ4v) is 0.952. The fourth-order valence-electron chi connectivity index (χ4n) is 0.483. The Bertz CT molecular complexity index is 327. The van der Waals surface area contributed by atoms with Crippen molar-refractivity contribution < 1.29 is 24.3 Å². The third-order valence-electron chi connectivity index (χ3n) is 1.20. The minimum Gasteiger partial charge on any atom is -0.465 e. The zero-order chi connectivity index (χ0) is 14.7. The molecule has 0 aromatic rings. The SMILES string of the molecule is CNC(=O)ON=C(SC)C(=O)N(C)C.NC(=O)O. The molecule has 0 saturated heterocycles. The van der Waals surface area contributed by atoms with Crippen molar-refractivity contribution in [2.45, 2.75) is 0 Å². The molecule has 0 saturated carbocycles. The van der Waals surface area contributed by atoms with Gasteiger partial charge in [0.1, 0.15) is 0 Å². The summed E-state index contributed by atoms with van der Waals surface area (Å²) in [4.78, 5) is 36.5. The molecule has 4 N–H and O–H groups in total. The largest absolute Gasteiger partial charge is 0.465 e. The minimum atomic E-state index is -1.33. The quantitative estimate of drug-likeness (QED) is 0.262. The Morgan fingerprint density at radius 3 is 2.11 bits per heavy atom. The lowest BCUT2D eigenvalue weighted by Crippen LogP contribution is -2.28. The Morgan fingerprint density at radius 1 is 1.39 bits per heavy atom. The van der Waals surface area contributed by atoms with E-state index in [1.54, 1.807) is 20.4 Å². The van der Waals surface area contributed by atoms with E-state index in [9.17, 15) is 9.59 Å². The van der Waals surface area contributed by atoms with Crippen LogP contribution in [-0.4, -0.2) is 60.5 Å². The van der Waals surface area contributed by atoms with Gasteiger partial charge in [0, 0.05) is 21.1 Å². The van der Waals surface area contributed by atoms with Crippen LogP contribution in [-0.2, 0) is 9.63 Å². The molecular formula is C8H16N4O5S. The molecule has 0 aliphatic carbocycles. The molecule has 0 spiro atoms. The summed E-state index contributed by atoms with van der Waals surface area (Å²) in [5.74, 6) is -0.304. The highest BCUT2D eigenvalue weighted by Crippen LogP contribution is 2.01. The van der Waals surface area contributed by atoms with Crippen LogP contribution in [0.4, 0.5) is 9.59 Å². The van der Waals surface area contributed by atoms with E-state index in [0.717, 1.165) is 11.8 Å². The summed E-state index contributed by atoms with van der Waals surface area (Å²) in [6.07, 6.45) is -0.365. The van der Waals surface area contributed by atoms with Gasteiger partial charge in [-0.3, -0.25) is 9.63 Å². The number of primary amides is 1. The predicted molar refractivity (Wildman–Crippen MR) is 67.4 cm³/mol. The molecule has 0 aromatic carbocycles. The molecule has 0 aromatic heterocycles. The lowest BCUT2D eigenvalue weighted by molar-refractivity contribution is -0.121. The molecule has 0 aliphatic rings. The lowest BCUT2D eigenvalue weighted by atomic mass is 10.6. The number of thioether (sulfide) groups is 1. The third-order valence-corrected chi connectivity index (χ3v) is 1.83. The Hall–Kier alpha value is -1.97. The fraction of sp³-hybridized carbons (Fsp3) is 0.500. The summed E-state index contributed by atoms with van der Waals surface area (Å²) >= 11 is 1.11. The van der Waals surface area contributed by atoms with Gasteiger partial charge in [0.2, 0.25) is 5.04 Å². The van der Waals surface area contributed by atoms with Crippen molar-refractivity contribution in [3.63, 3.8) is 0 Å². The molecule has 18 heavy (non-hydrogen) atoms. The molecular weight excluding hydrogens is 264 g/mol. The average Bonchev–Trinajstić information content (AvgIpc) is 2.28. The lowest BCUT2D eigenvalue weighted by Gasteiger charge is -2.09. The highest BCUT2D eigenvalue weighted by molar-refractivity contribution is 8.15. The number of carbonyl (C=O) groups excluding carboxylic acids is 2. The van der Waals surface area contributed by atoms with E-state index in [4.69, 9.17) is 9.90 Å². The van der Waals surface area contributed by atoms with Gasteiger partial charge in [0.15, 0.2) is 0 Å². The van der Waals surface area contributed by atoms with Crippen LogP contribution in [0, 0.1) is 0 Å². The van der Waals surface area contributed by atoms with Gasteiger partial charge in [-0.25, -0.2) is 9.59 Å². The van der Waals surface area contributed by atoms with Crippen molar-refractivity contribution in [3.8, 4) is 0 Å². The summed E-state index contributed by atoms with van der Waals surface area (Å²) < 4.78 is 0. The van der Waals surface area contributed by atoms with Crippen molar-refractivity contribution >= 4 is 34.9 Å². The Balaban J connectivity index is 0. The van der Waals surface area contributed by atoms with Gasteiger partial charge in [-0.05, 0) is 6.26 Å². The normalized spacial score (nSPS) is 9.67. The van der Waals surface area contributed by atoms with E-state index in [1.165, 1.54) is 11.9 Å². The first-order valence-corrected chi connectivity index (χ1v) is 5.69. The zero-order valence-electron chi connectivity index (χ0n) is 10.5. The number of nitrogens with two attached hydrogens (primary N) is 1. The van der Waals surface area contributed by atoms with Gasteiger partial charge >= 0.3 is 12.2 Å². The van der Waals surface area contributed by atoms with Crippen molar-refractivity contribution in [3.05, 3.63) is 0 Å². The molecule has 0 atom stereocenters. The van der Waals surface area contributed by atoms with Crippen LogP contribution in [0.5, 0.6) is 0 Å². The molecule has 104 valence electrons. The Kier molecular flexibility index (Phi) is 10.4. The molecule has 0 fully saturated rings. The van der Waals surface area contributed by atoms with Crippen molar-refractivity contribution in [1.29, 1.82) is 0 Å². The molecule has 0 radical (unpaired) electrons. The molecule has 10 heteroatoms. The number of amides is 3. The maximum Gasteiger partial charge on any atom is 0.433 e. The standard InChI is InChI=1S/C7H13N3O3S.CH3NO2/c1-8-7(12)13-9-5(14-4)6(11)10(2)3;2-1(3)4/h1-4H3,(H,8,12);2H2,(H,3,4). The number of hydrogen-bond donors (Lipinski definition) is 3. The van der Waals surface area contributed by atoms with Crippen LogP contribution in [0.1, 0.15) is 0 Å². The number of rotatable bonds is 1. The second-order valence-corrected chi connectivity index (χ2v) is 3.56. The molecule has 9 nitrogen and oxygen atoms in total. The van der Waals surface area contributed by atoms with Crippen LogP contribution in [0.2, 0.25) is 0 Å². The van der Waals surface area contributed by atoms with Gasteiger partial charge in [0.05, 0.1) is 0 Å². The van der Waals surface area contributed by atoms with Crippen LogP contribution in [0.15, 0.2) is 5.16 Å². The van der Waals surface area contributed by atoms with E-state index in [2.05, 4.69) is 21.0 Å². The first-order chi connectivity index (χ1) is 8.26. The van der Waals surface area contributed by atoms with Gasteiger partial charge in [0.25, 0.3) is 5.91 Å². The van der Waals surface area contributed by atoms with Crippen LogP contribution < -0.4 is 11.1 Å². The Morgan fingerprint density at radius 2 is 1.83 bits per heavy atom. The van der Waals surface area contributed by atoms with E-state index in [-0.39, 0.29) is 11.0 Å². The van der Waals surface area contributed by atoms with Gasteiger partial charge < -0.3 is 21.1 Å². The smallest absolute Gasteiger partial charge is 0.433 e. The minimum absolute atomic E-state index is 0.124. The van der Waals surface area contributed by atoms with Crippen molar-refractivity contribution in [1.82, 2.24) is 10.2 Å². The number of nitrogens with one attached hydrogen (secondary N) is 1. The summed E-state index contributed by atoms with van der Waals surface area (Å²) in [5, 5.41) is 12.9. The second kappa shape index (κ2) is 10.2. The van der Waals surface area contributed by atoms with E-state index >= 15 is 0 Å². The van der Waals surface area contributed by atoms with Crippen molar-refractivity contribution in [2.24, 2.45) is 10.9 Å². The summed E-state index contributed by atoms with van der Waals surface area (Å²) in [6.45, 7) is 0. The number of carbonyl (C=O) groups is 3. The van der Waals surface area contributed by atoms with E-state index < -0.39 is 12.2 Å². The second-order valence-electron chi connectivity index (χ2n) is 2.77. The zero-order valence-corrected chi connectivity index (χ0v) is 11.3. The van der Waals surface area contributed by atoms with E-state index in [1.807, 2.05) is 0 Å². The van der Waals surface area contributed by atoms with Gasteiger partial charge in [-0.2, -0.15) is 0 Å². The first-order valence-electron chi connectivity index (χ1n) is 4.47. The topological polar surface area (TPSA) is 134 Å². The van der Waals surface area contributed by atoms with Gasteiger partial charge in [-0.15, -0.1) is 11.8 Å². The summed E-state index contributed by atoms with van der Waals surface area (Å²) in [7, 11) is 4.59. The highest BCUT2D eigenvalue weighted by atomic mass is 32.2. The van der Waals surface area contributed by atoms with Crippen LogP contribution >= 0.6 is 11.8 Å². The van der Waals surface area contributed by atoms with Crippen molar-refractivity contribution in [2.75, 3.05) is 27.4 Å². The highest BCUT2D eigenvalue weighted by Gasteiger charge is 2.13.